The van der Waals surface area contributed by atoms with Crippen LogP contribution in [0.25, 0.3) is 28.6 Å². The number of halogens is 1. The van der Waals surface area contributed by atoms with E-state index in [9.17, 15) is 4.39 Å². The number of hydrogen-bond acceptors (Lipinski definition) is 4. The molecule has 0 saturated heterocycles. The summed E-state index contributed by atoms with van der Waals surface area (Å²) in [5.41, 5.74) is 1.48. The summed E-state index contributed by atoms with van der Waals surface area (Å²) in [5, 5.41) is 4.43. The smallest absolute Gasteiger partial charge is 0.253 e. The van der Waals surface area contributed by atoms with Crippen LogP contribution in [0.4, 0.5) is 4.39 Å². The summed E-state index contributed by atoms with van der Waals surface area (Å²) in [4.78, 5) is 8.55. The molecule has 6 heteroatoms. The van der Waals surface area contributed by atoms with Gasteiger partial charge in [-0.05, 0) is 42.5 Å². The van der Waals surface area contributed by atoms with Gasteiger partial charge in [-0.2, -0.15) is 9.50 Å². The fraction of sp³-hybridized carbons (Fsp3) is 0. The molecule has 0 bridgehead atoms. The zero-order valence-corrected chi connectivity index (χ0v) is 10.8. The Labute approximate surface area is 118 Å². The van der Waals surface area contributed by atoms with Crippen LogP contribution in [0.3, 0.4) is 0 Å². The number of rotatable bonds is 2. The van der Waals surface area contributed by atoms with Crippen molar-refractivity contribution in [3.8, 4) is 22.8 Å². The van der Waals surface area contributed by atoms with Gasteiger partial charge in [0.15, 0.2) is 11.6 Å². The van der Waals surface area contributed by atoms with E-state index in [4.69, 9.17) is 4.42 Å². The Morgan fingerprint density at radius 1 is 1.05 bits per heavy atom. The summed E-state index contributed by atoms with van der Waals surface area (Å²) in [7, 11) is 0. The van der Waals surface area contributed by atoms with Crippen molar-refractivity contribution in [3.63, 3.8) is 0 Å². The first-order valence-electron chi connectivity index (χ1n) is 6.33. The summed E-state index contributed by atoms with van der Waals surface area (Å²) < 4.78 is 20.0. The molecule has 21 heavy (non-hydrogen) atoms. The van der Waals surface area contributed by atoms with E-state index in [1.165, 1.54) is 12.1 Å². The van der Waals surface area contributed by atoms with Crippen LogP contribution in [0.2, 0.25) is 0 Å². The lowest BCUT2D eigenvalue weighted by atomic mass is 10.2. The predicted molar refractivity (Wildman–Crippen MR) is 73.9 cm³/mol. The molecule has 0 unspecified atom stereocenters. The number of fused-ring (bicyclic) bond motifs is 1. The summed E-state index contributed by atoms with van der Waals surface area (Å²) in [6, 6.07) is 11.5. The molecule has 5 nitrogen and oxygen atoms in total. The van der Waals surface area contributed by atoms with Gasteiger partial charge in [0.2, 0.25) is 0 Å². The van der Waals surface area contributed by atoms with Crippen LogP contribution in [-0.2, 0) is 0 Å². The molecule has 0 atom stereocenters. The van der Waals surface area contributed by atoms with Crippen LogP contribution in [0.1, 0.15) is 0 Å². The van der Waals surface area contributed by atoms with Crippen molar-refractivity contribution in [1.82, 2.24) is 19.6 Å². The molecule has 0 aliphatic rings. The Hall–Kier alpha value is -3.02. The molecule has 102 valence electrons. The van der Waals surface area contributed by atoms with E-state index >= 15 is 0 Å². The lowest BCUT2D eigenvalue weighted by Crippen LogP contribution is -1.94. The number of nitrogens with zero attached hydrogens (tertiary/aromatic N) is 4. The highest BCUT2D eigenvalue weighted by atomic mass is 19.1. The largest absolute Gasteiger partial charge is 0.463 e. The molecule has 0 radical (unpaired) electrons. The molecule has 0 amide bonds. The highest BCUT2D eigenvalue weighted by molar-refractivity contribution is 5.60. The average Bonchev–Trinajstić information content (AvgIpc) is 3.17. The monoisotopic (exact) mass is 280 g/mol. The van der Waals surface area contributed by atoms with Crippen molar-refractivity contribution in [2.45, 2.75) is 0 Å². The molecule has 3 aromatic heterocycles. The third-order valence-corrected chi connectivity index (χ3v) is 3.12. The van der Waals surface area contributed by atoms with Gasteiger partial charge in [-0.1, -0.05) is 0 Å². The summed E-state index contributed by atoms with van der Waals surface area (Å²) in [6.45, 7) is 0. The molecule has 0 spiro atoms. The fourth-order valence-corrected chi connectivity index (χ4v) is 2.13. The van der Waals surface area contributed by atoms with Crippen LogP contribution in [0, 0.1) is 5.82 Å². The van der Waals surface area contributed by atoms with E-state index in [1.54, 1.807) is 41.2 Å². The minimum atomic E-state index is -0.295. The minimum Gasteiger partial charge on any atom is -0.463 e. The minimum absolute atomic E-state index is 0.295. The lowest BCUT2D eigenvalue weighted by Gasteiger charge is -1.98. The van der Waals surface area contributed by atoms with Crippen molar-refractivity contribution < 1.29 is 8.81 Å². The van der Waals surface area contributed by atoms with Gasteiger partial charge in [0.05, 0.1) is 6.26 Å². The number of aromatic nitrogens is 4. The van der Waals surface area contributed by atoms with Crippen LogP contribution in [-0.4, -0.2) is 19.6 Å². The normalized spacial score (nSPS) is 11.1. The molecule has 0 aliphatic heterocycles. The maximum Gasteiger partial charge on any atom is 0.253 e. The van der Waals surface area contributed by atoms with E-state index < -0.39 is 0 Å². The Morgan fingerprint density at radius 3 is 2.67 bits per heavy atom. The molecule has 0 saturated carbocycles. The van der Waals surface area contributed by atoms with Crippen LogP contribution in [0.15, 0.2) is 59.3 Å². The Bertz CT molecular complexity index is 897. The van der Waals surface area contributed by atoms with Crippen molar-refractivity contribution in [3.05, 3.63) is 60.7 Å². The second kappa shape index (κ2) is 4.52. The van der Waals surface area contributed by atoms with Gasteiger partial charge >= 0.3 is 0 Å². The Kier molecular flexibility index (Phi) is 2.53. The van der Waals surface area contributed by atoms with Gasteiger partial charge in [-0.25, -0.2) is 9.37 Å². The summed E-state index contributed by atoms with van der Waals surface area (Å²) in [5.74, 6) is 1.33. The van der Waals surface area contributed by atoms with Crippen molar-refractivity contribution in [2.75, 3.05) is 0 Å². The van der Waals surface area contributed by atoms with Gasteiger partial charge in [0.25, 0.3) is 5.78 Å². The third-order valence-electron chi connectivity index (χ3n) is 3.12. The van der Waals surface area contributed by atoms with Crippen molar-refractivity contribution in [1.29, 1.82) is 0 Å². The molecule has 0 N–H and O–H groups in total. The average molecular weight is 280 g/mol. The maximum absolute atomic E-state index is 13.0. The van der Waals surface area contributed by atoms with E-state index in [0.29, 0.717) is 17.4 Å². The third kappa shape index (κ3) is 1.97. The van der Waals surface area contributed by atoms with Gasteiger partial charge in [-0.15, -0.1) is 5.10 Å². The molecule has 0 aliphatic carbocycles. The first-order valence-corrected chi connectivity index (χ1v) is 6.33. The van der Waals surface area contributed by atoms with E-state index in [1.807, 2.05) is 6.07 Å². The second-order valence-electron chi connectivity index (χ2n) is 4.46. The zero-order valence-electron chi connectivity index (χ0n) is 10.8. The highest BCUT2D eigenvalue weighted by Gasteiger charge is 2.12. The number of furan rings is 1. The van der Waals surface area contributed by atoms with Crippen LogP contribution < -0.4 is 0 Å². The molecular weight excluding hydrogens is 271 g/mol. The quantitative estimate of drug-likeness (QED) is 0.566. The SMILES string of the molecule is Fc1ccc(-c2nc3nccc(-c4ccco4)n3n2)cc1. The molecule has 1 aromatic carbocycles. The van der Waals surface area contributed by atoms with Gasteiger partial charge in [0.1, 0.15) is 11.5 Å². The maximum atomic E-state index is 13.0. The summed E-state index contributed by atoms with van der Waals surface area (Å²) in [6.07, 6.45) is 3.25. The Balaban J connectivity index is 1.90. The fourth-order valence-electron chi connectivity index (χ4n) is 2.13. The highest BCUT2D eigenvalue weighted by Crippen LogP contribution is 2.22. The van der Waals surface area contributed by atoms with Crippen molar-refractivity contribution >= 4 is 5.78 Å². The summed E-state index contributed by atoms with van der Waals surface area (Å²) >= 11 is 0. The number of benzene rings is 1. The first-order chi connectivity index (χ1) is 10.3. The van der Waals surface area contributed by atoms with Crippen molar-refractivity contribution in [2.24, 2.45) is 0 Å². The van der Waals surface area contributed by atoms with Gasteiger partial charge in [0, 0.05) is 11.8 Å². The van der Waals surface area contributed by atoms with Crippen LogP contribution in [0.5, 0.6) is 0 Å². The molecule has 0 fully saturated rings. The number of hydrogen-bond donors (Lipinski definition) is 0. The lowest BCUT2D eigenvalue weighted by molar-refractivity contribution is 0.577. The van der Waals surface area contributed by atoms with Gasteiger partial charge < -0.3 is 4.42 Å². The molecule has 3 heterocycles. The van der Waals surface area contributed by atoms with Crippen LogP contribution >= 0.6 is 0 Å². The predicted octanol–water partition coefficient (Wildman–Crippen LogP) is 3.19. The molecule has 4 aromatic rings. The van der Waals surface area contributed by atoms with Gasteiger partial charge in [-0.3, -0.25) is 0 Å². The van der Waals surface area contributed by atoms with E-state index in [2.05, 4.69) is 15.1 Å². The second-order valence-corrected chi connectivity index (χ2v) is 4.46. The Morgan fingerprint density at radius 2 is 1.90 bits per heavy atom. The molecule has 4 rings (SSSR count). The first kappa shape index (κ1) is 11.8. The standard InChI is InChI=1S/C15H9FN4O/c16-11-5-3-10(4-6-11)14-18-15-17-8-7-12(20(15)19-14)13-2-1-9-21-13/h1-9H. The molecular formula is C15H9FN4O. The van der Waals surface area contributed by atoms with E-state index in [-0.39, 0.29) is 5.82 Å². The zero-order chi connectivity index (χ0) is 14.2. The van der Waals surface area contributed by atoms with E-state index in [0.717, 1.165) is 11.3 Å². The topological polar surface area (TPSA) is 56.2 Å².